The van der Waals surface area contributed by atoms with Crippen LogP contribution in [0.3, 0.4) is 0 Å². The number of nitrogens with zero attached hydrogens (tertiary/aromatic N) is 1. The number of benzene rings is 2. The van der Waals surface area contributed by atoms with E-state index in [1.807, 2.05) is 32.0 Å². The average molecular weight is 312 g/mol. The molecule has 5 heteroatoms. The number of nitrogens with one attached hydrogen (secondary N) is 1. The molecule has 0 spiro atoms. The van der Waals surface area contributed by atoms with Crippen molar-refractivity contribution in [2.45, 2.75) is 20.8 Å². The number of hydrogen-bond acceptors (Lipinski definition) is 4. The van der Waals surface area contributed by atoms with Crippen LogP contribution < -0.4 is 10.2 Å². The first-order chi connectivity index (χ1) is 11.0. The first-order valence-electron chi connectivity index (χ1n) is 7.28. The van der Waals surface area contributed by atoms with Crippen LogP contribution >= 0.6 is 0 Å². The van der Waals surface area contributed by atoms with Gasteiger partial charge in [0.25, 0.3) is 5.91 Å². The molecule has 2 aromatic rings. The molecule has 23 heavy (non-hydrogen) atoms. The maximum absolute atomic E-state index is 11.8. The highest BCUT2D eigenvalue weighted by Crippen LogP contribution is 2.18. The van der Waals surface area contributed by atoms with E-state index in [0.717, 1.165) is 16.7 Å². The van der Waals surface area contributed by atoms with Crippen molar-refractivity contribution in [3.05, 3.63) is 59.2 Å². The maximum Gasteiger partial charge on any atom is 0.277 e. The molecule has 2 aromatic carbocycles. The summed E-state index contributed by atoms with van der Waals surface area (Å²) in [4.78, 5) is 11.8. The molecule has 2 N–H and O–H groups in total. The lowest BCUT2D eigenvalue weighted by Gasteiger charge is -2.09. The molecule has 2 rings (SSSR count). The summed E-state index contributed by atoms with van der Waals surface area (Å²) in [7, 11) is 0. The van der Waals surface area contributed by atoms with E-state index in [9.17, 15) is 9.90 Å². The second kappa shape index (κ2) is 7.45. The predicted molar refractivity (Wildman–Crippen MR) is 89.9 cm³/mol. The van der Waals surface area contributed by atoms with Crippen LogP contribution in [0.25, 0.3) is 0 Å². The van der Waals surface area contributed by atoms with Crippen LogP contribution in [0.15, 0.2) is 47.6 Å². The molecule has 0 aliphatic rings. The number of phenols is 1. The van der Waals surface area contributed by atoms with Gasteiger partial charge in [-0.1, -0.05) is 17.7 Å². The zero-order chi connectivity index (χ0) is 16.8. The smallest absolute Gasteiger partial charge is 0.277 e. The topological polar surface area (TPSA) is 70.9 Å². The molecule has 120 valence electrons. The Labute approximate surface area is 135 Å². The molecule has 5 nitrogen and oxygen atoms in total. The van der Waals surface area contributed by atoms with Crippen LogP contribution in [-0.2, 0) is 4.79 Å². The molecule has 0 atom stereocenters. The van der Waals surface area contributed by atoms with E-state index >= 15 is 0 Å². The van der Waals surface area contributed by atoms with Gasteiger partial charge in [0.05, 0.1) is 5.71 Å². The Morgan fingerprint density at radius 2 is 1.87 bits per heavy atom. The van der Waals surface area contributed by atoms with Crippen molar-refractivity contribution >= 4 is 11.6 Å². The standard InChI is InChI=1S/C18H20N2O3/c1-12-4-9-17(13(2)10-12)23-11-18(22)20-19-14(3)15-5-7-16(21)8-6-15/h4-10,21H,11H2,1-3H3,(H,20,22)/b19-14+. The van der Waals surface area contributed by atoms with Gasteiger partial charge in [0.2, 0.25) is 0 Å². The van der Waals surface area contributed by atoms with Gasteiger partial charge in [0, 0.05) is 0 Å². The molecular formula is C18H20N2O3. The van der Waals surface area contributed by atoms with Crippen molar-refractivity contribution in [3.63, 3.8) is 0 Å². The molecule has 0 fully saturated rings. The van der Waals surface area contributed by atoms with E-state index in [4.69, 9.17) is 4.74 Å². The van der Waals surface area contributed by atoms with E-state index in [-0.39, 0.29) is 18.3 Å². The number of hydrogen-bond donors (Lipinski definition) is 2. The van der Waals surface area contributed by atoms with Gasteiger partial charge >= 0.3 is 0 Å². The van der Waals surface area contributed by atoms with Gasteiger partial charge in [-0.05, 0) is 62.2 Å². The number of amides is 1. The Bertz CT molecular complexity index is 722. The van der Waals surface area contributed by atoms with Crippen molar-refractivity contribution in [2.24, 2.45) is 5.10 Å². The first kappa shape index (κ1) is 16.5. The second-order valence-corrected chi connectivity index (χ2v) is 5.34. The fraction of sp³-hybridized carbons (Fsp3) is 0.222. The van der Waals surface area contributed by atoms with E-state index in [2.05, 4.69) is 10.5 Å². The lowest BCUT2D eigenvalue weighted by atomic mass is 10.1. The summed E-state index contributed by atoms with van der Waals surface area (Å²) in [6.07, 6.45) is 0. The van der Waals surface area contributed by atoms with Crippen LogP contribution in [0.4, 0.5) is 0 Å². The van der Waals surface area contributed by atoms with E-state index in [1.54, 1.807) is 31.2 Å². The van der Waals surface area contributed by atoms with E-state index in [0.29, 0.717) is 11.5 Å². The minimum atomic E-state index is -0.330. The molecule has 0 radical (unpaired) electrons. The number of carbonyl (C=O) groups excluding carboxylic acids is 1. The third-order valence-electron chi connectivity index (χ3n) is 3.32. The SMILES string of the molecule is C/C(=N\NC(=O)COc1ccc(C)cc1C)c1ccc(O)cc1. The third kappa shape index (κ3) is 4.85. The molecule has 0 saturated heterocycles. The van der Waals surface area contributed by atoms with E-state index in [1.165, 1.54) is 0 Å². The average Bonchev–Trinajstić information content (AvgIpc) is 2.52. The molecule has 0 saturated carbocycles. The molecular weight excluding hydrogens is 292 g/mol. The summed E-state index contributed by atoms with van der Waals surface area (Å²) >= 11 is 0. The lowest BCUT2D eigenvalue weighted by molar-refractivity contribution is -0.123. The highest BCUT2D eigenvalue weighted by Gasteiger charge is 2.05. The first-order valence-corrected chi connectivity index (χ1v) is 7.28. The Morgan fingerprint density at radius 1 is 1.17 bits per heavy atom. The van der Waals surface area contributed by atoms with Crippen LogP contribution in [-0.4, -0.2) is 23.3 Å². The van der Waals surface area contributed by atoms with Gasteiger partial charge in [0.15, 0.2) is 6.61 Å². The van der Waals surface area contributed by atoms with Crippen molar-refractivity contribution in [3.8, 4) is 11.5 Å². The quantitative estimate of drug-likeness (QED) is 0.659. The minimum Gasteiger partial charge on any atom is -0.508 e. The Morgan fingerprint density at radius 3 is 2.52 bits per heavy atom. The number of ether oxygens (including phenoxy) is 1. The van der Waals surface area contributed by atoms with Crippen molar-refractivity contribution in [1.82, 2.24) is 5.43 Å². The Hall–Kier alpha value is -2.82. The number of rotatable bonds is 5. The van der Waals surface area contributed by atoms with Gasteiger partial charge in [-0.25, -0.2) is 5.43 Å². The Kier molecular flexibility index (Phi) is 5.36. The molecule has 0 bridgehead atoms. The summed E-state index contributed by atoms with van der Waals surface area (Å²) in [5, 5.41) is 13.3. The van der Waals surface area contributed by atoms with Gasteiger partial charge in [-0.3, -0.25) is 4.79 Å². The number of aryl methyl sites for hydroxylation is 2. The number of aromatic hydroxyl groups is 1. The molecule has 0 unspecified atom stereocenters. The van der Waals surface area contributed by atoms with Gasteiger partial charge in [0.1, 0.15) is 11.5 Å². The molecule has 0 aliphatic heterocycles. The van der Waals surface area contributed by atoms with E-state index < -0.39 is 0 Å². The fourth-order valence-corrected chi connectivity index (χ4v) is 2.05. The molecule has 0 heterocycles. The van der Waals surface area contributed by atoms with Gasteiger partial charge in [-0.15, -0.1) is 0 Å². The number of hydrazone groups is 1. The van der Waals surface area contributed by atoms with Crippen molar-refractivity contribution in [2.75, 3.05) is 6.61 Å². The van der Waals surface area contributed by atoms with Crippen LogP contribution in [0.1, 0.15) is 23.6 Å². The molecule has 0 aliphatic carbocycles. The highest BCUT2D eigenvalue weighted by molar-refractivity contribution is 5.99. The van der Waals surface area contributed by atoms with Crippen LogP contribution in [0, 0.1) is 13.8 Å². The minimum absolute atomic E-state index is 0.101. The maximum atomic E-state index is 11.8. The van der Waals surface area contributed by atoms with Crippen molar-refractivity contribution in [1.29, 1.82) is 0 Å². The highest BCUT2D eigenvalue weighted by atomic mass is 16.5. The third-order valence-corrected chi connectivity index (χ3v) is 3.32. The zero-order valence-electron chi connectivity index (χ0n) is 13.5. The molecule has 1 amide bonds. The Balaban J connectivity index is 1.89. The fourth-order valence-electron chi connectivity index (χ4n) is 2.05. The summed E-state index contributed by atoms with van der Waals surface area (Å²) in [6.45, 7) is 5.62. The lowest BCUT2D eigenvalue weighted by Crippen LogP contribution is -2.25. The predicted octanol–water partition coefficient (Wildman–Crippen LogP) is 2.93. The summed E-state index contributed by atoms with van der Waals surface area (Å²) in [5.74, 6) is 0.542. The van der Waals surface area contributed by atoms with Gasteiger partial charge in [-0.2, -0.15) is 5.10 Å². The second-order valence-electron chi connectivity index (χ2n) is 5.34. The zero-order valence-corrected chi connectivity index (χ0v) is 13.5. The van der Waals surface area contributed by atoms with Crippen LogP contribution in [0.2, 0.25) is 0 Å². The normalized spacial score (nSPS) is 11.2. The summed E-state index contributed by atoms with van der Waals surface area (Å²) in [5.41, 5.74) is 6.05. The largest absolute Gasteiger partial charge is 0.508 e. The monoisotopic (exact) mass is 312 g/mol. The number of phenolic OH excluding ortho intramolecular Hbond substituents is 1. The summed E-state index contributed by atoms with van der Waals surface area (Å²) < 4.78 is 5.49. The summed E-state index contributed by atoms with van der Waals surface area (Å²) in [6, 6.07) is 12.4. The van der Waals surface area contributed by atoms with Gasteiger partial charge < -0.3 is 9.84 Å². The van der Waals surface area contributed by atoms with Crippen molar-refractivity contribution < 1.29 is 14.6 Å². The molecule has 0 aromatic heterocycles. The number of carbonyl (C=O) groups is 1. The van der Waals surface area contributed by atoms with Crippen LogP contribution in [0.5, 0.6) is 11.5 Å².